The lowest BCUT2D eigenvalue weighted by molar-refractivity contribution is -0.143. The summed E-state index contributed by atoms with van der Waals surface area (Å²) >= 11 is 0. The molecule has 2 unspecified atom stereocenters. The number of carbonyl (C=O) groups is 2. The summed E-state index contributed by atoms with van der Waals surface area (Å²) in [5.41, 5.74) is 0. The lowest BCUT2D eigenvalue weighted by Crippen LogP contribution is -2.45. The first-order chi connectivity index (χ1) is 32.0. The average molecular weight is 921 g/mol. The second-order valence-corrected chi connectivity index (χ2v) is 20.7. The van der Waals surface area contributed by atoms with Crippen LogP contribution in [-0.2, 0) is 14.3 Å². The molecule has 0 fully saturated rings. The van der Waals surface area contributed by atoms with Crippen LogP contribution in [0.1, 0.15) is 341 Å². The number of hydrogen-bond acceptors (Lipinski definition) is 5. The Morgan fingerprint density at radius 1 is 0.369 bits per heavy atom. The summed E-state index contributed by atoms with van der Waals surface area (Å²) in [7, 11) is 0. The van der Waals surface area contributed by atoms with Crippen molar-refractivity contribution in [1.29, 1.82) is 0 Å². The molecule has 388 valence electrons. The third-order valence-electron chi connectivity index (χ3n) is 14.2. The minimum absolute atomic E-state index is 0.00747. The Balaban J connectivity index is 3.42. The molecular weight excluding hydrogens is 803 g/mol. The number of amides is 1. The van der Waals surface area contributed by atoms with E-state index in [1.807, 2.05) is 0 Å². The molecule has 0 heterocycles. The predicted octanol–water partition coefficient (Wildman–Crippen LogP) is 18.3. The highest BCUT2D eigenvalue weighted by Crippen LogP contribution is 2.18. The zero-order valence-electron chi connectivity index (χ0n) is 44.3. The number of aliphatic hydroxyl groups excluding tert-OH is 2. The molecule has 0 saturated heterocycles. The molecule has 0 aromatic carbocycles. The summed E-state index contributed by atoms with van der Waals surface area (Å²) in [4.78, 5) is 24.6. The maximum absolute atomic E-state index is 12.5. The zero-order valence-corrected chi connectivity index (χ0v) is 44.3. The summed E-state index contributed by atoms with van der Waals surface area (Å²) in [6.45, 7) is 4.95. The van der Waals surface area contributed by atoms with Crippen molar-refractivity contribution in [3.63, 3.8) is 0 Å². The van der Waals surface area contributed by atoms with Gasteiger partial charge in [-0.15, -0.1) is 0 Å². The van der Waals surface area contributed by atoms with Gasteiger partial charge in [0.2, 0.25) is 5.91 Å². The van der Waals surface area contributed by atoms with E-state index in [2.05, 4.69) is 19.2 Å². The van der Waals surface area contributed by atoms with E-state index in [1.165, 1.54) is 250 Å². The lowest BCUT2D eigenvalue weighted by Gasteiger charge is -2.22. The topological polar surface area (TPSA) is 95.9 Å². The number of rotatable bonds is 56. The van der Waals surface area contributed by atoms with E-state index in [4.69, 9.17) is 4.74 Å². The molecule has 0 rings (SSSR count). The first-order valence-electron chi connectivity index (χ1n) is 29.8. The minimum atomic E-state index is -0.675. The summed E-state index contributed by atoms with van der Waals surface area (Å²) in [6.07, 6.45) is 63.8. The first kappa shape index (κ1) is 63.9. The van der Waals surface area contributed by atoms with Gasteiger partial charge in [-0.25, -0.2) is 0 Å². The Morgan fingerprint density at radius 3 is 0.938 bits per heavy atom. The van der Waals surface area contributed by atoms with Crippen LogP contribution in [0.25, 0.3) is 0 Å². The number of carbonyl (C=O) groups excluding carboxylic acids is 2. The van der Waals surface area contributed by atoms with Crippen LogP contribution in [0.4, 0.5) is 0 Å². The van der Waals surface area contributed by atoms with E-state index in [0.717, 1.165) is 57.8 Å². The number of nitrogens with one attached hydrogen (secondary N) is 1. The van der Waals surface area contributed by atoms with E-state index in [0.29, 0.717) is 25.9 Å². The van der Waals surface area contributed by atoms with Gasteiger partial charge in [0.1, 0.15) is 0 Å². The van der Waals surface area contributed by atoms with Gasteiger partial charge in [0.15, 0.2) is 0 Å². The van der Waals surface area contributed by atoms with Crippen LogP contribution >= 0.6 is 0 Å². The highest BCUT2D eigenvalue weighted by atomic mass is 16.5. The average Bonchev–Trinajstić information content (AvgIpc) is 3.31. The second kappa shape index (κ2) is 55.5. The van der Waals surface area contributed by atoms with Crippen LogP contribution < -0.4 is 5.32 Å². The van der Waals surface area contributed by atoms with E-state index in [-0.39, 0.29) is 18.5 Å². The molecule has 0 aromatic heterocycles. The standard InChI is InChI=1S/C59H117NO5/c1-3-5-7-9-11-13-15-17-19-21-23-25-27-29-33-37-41-45-49-53-59(64)65-54-50-46-42-38-34-30-32-36-40-44-48-52-58(63)60-56(55-61)57(62)51-47-43-39-35-31-28-26-24-22-20-18-16-14-12-10-8-6-4-2/h56-57,61-62H,3-55H2,1-2H3,(H,60,63). The van der Waals surface area contributed by atoms with Gasteiger partial charge in [-0.05, 0) is 25.7 Å². The smallest absolute Gasteiger partial charge is 0.305 e. The Bertz CT molecular complexity index is 928. The van der Waals surface area contributed by atoms with Gasteiger partial charge < -0.3 is 20.3 Å². The molecule has 3 N–H and O–H groups in total. The lowest BCUT2D eigenvalue weighted by atomic mass is 10.0. The molecule has 0 aliphatic rings. The highest BCUT2D eigenvalue weighted by Gasteiger charge is 2.20. The monoisotopic (exact) mass is 920 g/mol. The molecule has 0 aliphatic carbocycles. The molecular formula is C59H117NO5. The number of unbranched alkanes of at least 4 members (excludes halogenated alkanes) is 45. The van der Waals surface area contributed by atoms with Crippen molar-refractivity contribution in [1.82, 2.24) is 5.32 Å². The predicted molar refractivity (Wildman–Crippen MR) is 283 cm³/mol. The summed E-state index contributed by atoms with van der Waals surface area (Å²) in [5, 5.41) is 23.3. The molecule has 2 atom stereocenters. The first-order valence-corrected chi connectivity index (χ1v) is 29.8. The molecule has 0 saturated carbocycles. The van der Waals surface area contributed by atoms with Crippen molar-refractivity contribution < 1.29 is 24.5 Å². The molecule has 0 aromatic rings. The third-order valence-corrected chi connectivity index (χ3v) is 14.2. The Kier molecular flexibility index (Phi) is 54.5. The fraction of sp³-hybridized carbons (Fsp3) is 0.966. The van der Waals surface area contributed by atoms with Gasteiger partial charge in [0.25, 0.3) is 0 Å². The van der Waals surface area contributed by atoms with E-state index < -0.39 is 12.1 Å². The molecule has 6 heteroatoms. The van der Waals surface area contributed by atoms with Gasteiger partial charge in [0.05, 0.1) is 25.4 Å². The third kappa shape index (κ3) is 52.1. The van der Waals surface area contributed by atoms with Crippen molar-refractivity contribution in [3.05, 3.63) is 0 Å². The molecule has 6 nitrogen and oxygen atoms in total. The minimum Gasteiger partial charge on any atom is -0.466 e. The molecule has 65 heavy (non-hydrogen) atoms. The van der Waals surface area contributed by atoms with E-state index in [9.17, 15) is 19.8 Å². The molecule has 0 bridgehead atoms. The van der Waals surface area contributed by atoms with Gasteiger partial charge >= 0.3 is 5.97 Å². The fourth-order valence-electron chi connectivity index (χ4n) is 9.58. The van der Waals surface area contributed by atoms with Gasteiger partial charge in [-0.3, -0.25) is 9.59 Å². The number of esters is 1. The molecule has 0 radical (unpaired) electrons. The number of hydrogen-bond donors (Lipinski definition) is 3. The molecule has 0 aliphatic heterocycles. The zero-order chi connectivity index (χ0) is 47.2. The van der Waals surface area contributed by atoms with Gasteiger partial charge in [-0.2, -0.15) is 0 Å². The van der Waals surface area contributed by atoms with Crippen molar-refractivity contribution >= 4 is 11.9 Å². The Morgan fingerprint density at radius 2 is 0.631 bits per heavy atom. The van der Waals surface area contributed by atoms with E-state index >= 15 is 0 Å². The van der Waals surface area contributed by atoms with Crippen molar-refractivity contribution in [3.8, 4) is 0 Å². The number of aliphatic hydroxyl groups is 2. The summed E-state index contributed by atoms with van der Waals surface area (Å²) in [6, 6.07) is -0.554. The van der Waals surface area contributed by atoms with Crippen LogP contribution in [-0.4, -0.2) is 47.4 Å². The van der Waals surface area contributed by atoms with Crippen molar-refractivity contribution in [2.45, 2.75) is 353 Å². The van der Waals surface area contributed by atoms with Crippen LogP contribution in [0, 0.1) is 0 Å². The summed E-state index contributed by atoms with van der Waals surface area (Å²) < 4.78 is 5.49. The molecule has 0 spiro atoms. The van der Waals surface area contributed by atoms with Crippen LogP contribution in [0.15, 0.2) is 0 Å². The number of ether oxygens (including phenoxy) is 1. The second-order valence-electron chi connectivity index (χ2n) is 20.7. The Labute approximate surface area is 406 Å². The quantitative estimate of drug-likeness (QED) is 0.0417. The van der Waals surface area contributed by atoms with Crippen LogP contribution in [0.5, 0.6) is 0 Å². The maximum Gasteiger partial charge on any atom is 0.305 e. The fourth-order valence-corrected chi connectivity index (χ4v) is 9.58. The largest absolute Gasteiger partial charge is 0.466 e. The van der Waals surface area contributed by atoms with Crippen LogP contribution in [0.2, 0.25) is 0 Å². The maximum atomic E-state index is 12.5. The van der Waals surface area contributed by atoms with E-state index in [1.54, 1.807) is 0 Å². The van der Waals surface area contributed by atoms with Crippen molar-refractivity contribution in [2.75, 3.05) is 13.2 Å². The van der Waals surface area contributed by atoms with Gasteiger partial charge in [0, 0.05) is 12.8 Å². The Hall–Kier alpha value is -1.14. The molecule has 1 amide bonds. The highest BCUT2D eigenvalue weighted by molar-refractivity contribution is 5.76. The van der Waals surface area contributed by atoms with Crippen LogP contribution in [0.3, 0.4) is 0 Å². The summed E-state index contributed by atoms with van der Waals surface area (Å²) in [5.74, 6) is -0.0569. The normalized spacial score (nSPS) is 12.5. The van der Waals surface area contributed by atoms with Crippen molar-refractivity contribution in [2.24, 2.45) is 0 Å². The SMILES string of the molecule is CCCCCCCCCCCCCCCCCCCCCC(=O)OCCCCCCCCCCCCCC(=O)NC(CO)C(O)CCCCCCCCCCCCCCCCCCCC. The van der Waals surface area contributed by atoms with Gasteiger partial charge in [-0.1, -0.05) is 303 Å².